The smallest absolute Gasteiger partial charge is 0.393 e. The van der Waals surface area contributed by atoms with Crippen molar-refractivity contribution in [1.82, 2.24) is 5.32 Å². The van der Waals surface area contributed by atoms with Crippen LogP contribution >= 0.6 is 0 Å². The van der Waals surface area contributed by atoms with Gasteiger partial charge in [-0.25, -0.2) is 0 Å². The number of alkyl halides is 3. The van der Waals surface area contributed by atoms with Crippen molar-refractivity contribution in [2.75, 3.05) is 0 Å². The van der Waals surface area contributed by atoms with E-state index in [1.807, 2.05) is 5.32 Å². The summed E-state index contributed by atoms with van der Waals surface area (Å²) in [4.78, 5) is 12.1. The van der Waals surface area contributed by atoms with Crippen molar-refractivity contribution in [3.05, 3.63) is 35.9 Å². The van der Waals surface area contributed by atoms with Gasteiger partial charge in [0.05, 0.1) is 11.6 Å². The van der Waals surface area contributed by atoms with Gasteiger partial charge in [-0.15, -0.1) is 0 Å². The molecule has 4 N–H and O–H groups in total. The number of nitrogens with two attached hydrogens (primary N) is 1. The zero-order valence-corrected chi connectivity index (χ0v) is 11.9. The first-order valence-corrected chi connectivity index (χ1v) is 7.09. The fourth-order valence-electron chi connectivity index (χ4n) is 2.66. The molecule has 1 amide bonds. The summed E-state index contributed by atoms with van der Waals surface area (Å²) in [6.07, 6.45) is -5.19. The Morgan fingerprint density at radius 2 is 2.05 bits per heavy atom. The van der Waals surface area contributed by atoms with Crippen molar-refractivity contribution in [2.24, 2.45) is 5.73 Å². The monoisotopic (exact) mass is 316 g/mol. The lowest BCUT2D eigenvalue weighted by molar-refractivity contribution is -0.163. The van der Waals surface area contributed by atoms with Gasteiger partial charge < -0.3 is 16.2 Å². The highest BCUT2D eigenvalue weighted by atomic mass is 19.4. The topological polar surface area (TPSA) is 75.4 Å². The van der Waals surface area contributed by atoms with Crippen molar-refractivity contribution in [3.8, 4) is 0 Å². The van der Waals surface area contributed by atoms with Gasteiger partial charge in [0.1, 0.15) is 6.04 Å². The Hall–Kier alpha value is -1.60. The molecule has 0 radical (unpaired) electrons. The van der Waals surface area contributed by atoms with Crippen molar-refractivity contribution in [1.29, 1.82) is 0 Å². The average molecular weight is 316 g/mol. The van der Waals surface area contributed by atoms with E-state index in [2.05, 4.69) is 0 Å². The standard InChI is InChI=1S/C15H19F3N2O2/c16-15(17,18)12(8-10-4-2-1-3-5-10)20-13(22)14(19)7-6-11(21)9-14/h1-5,11-12,21H,6-9,19H2,(H,20,22). The second-order valence-corrected chi connectivity index (χ2v) is 5.81. The number of hydrogen-bond acceptors (Lipinski definition) is 3. The summed E-state index contributed by atoms with van der Waals surface area (Å²) in [7, 11) is 0. The van der Waals surface area contributed by atoms with Crippen molar-refractivity contribution in [2.45, 2.75) is 49.5 Å². The molecule has 0 saturated heterocycles. The molecule has 1 saturated carbocycles. The molecule has 22 heavy (non-hydrogen) atoms. The Labute approximate surface area is 126 Å². The SMILES string of the molecule is NC1(C(=O)NC(Cc2ccccc2)C(F)(F)F)CCC(O)C1. The maximum Gasteiger partial charge on any atom is 0.408 e. The van der Waals surface area contributed by atoms with E-state index in [9.17, 15) is 23.1 Å². The van der Waals surface area contributed by atoms with Crippen LogP contribution < -0.4 is 11.1 Å². The summed E-state index contributed by atoms with van der Waals surface area (Å²) >= 11 is 0. The summed E-state index contributed by atoms with van der Waals surface area (Å²) in [6.45, 7) is 0. The zero-order valence-electron chi connectivity index (χ0n) is 11.9. The van der Waals surface area contributed by atoms with E-state index < -0.39 is 29.8 Å². The molecule has 7 heteroatoms. The predicted molar refractivity (Wildman–Crippen MR) is 74.9 cm³/mol. The molecule has 3 unspecified atom stereocenters. The third-order valence-corrected chi connectivity index (χ3v) is 3.96. The lowest BCUT2D eigenvalue weighted by Gasteiger charge is -2.28. The highest BCUT2D eigenvalue weighted by molar-refractivity contribution is 5.86. The average Bonchev–Trinajstić information content (AvgIpc) is 2.79. The molecule has 0 heterocycles. The van der Waals surface area contributed by atoms with E-state index in [-0.39, 0.29) is 19.3 Å². The third-order valence-electron chi connectivity index (χ3n) is 3.96. The zero-order chi connectivity index (χ0) is 16.4. The number of hydrogen-bond donors (Lipinski definition) is 3. The molecule has 0 bridgehead atoms. The lowest BCUT2D eigenvalue weighted by Crippen LogP contribution is -2.58. The molecule has 3 atom stereocenters. The van der Waals surface area contributed by atoms with Gasteiger partial charge in [-0.05, 0) is 18.4 Å². The van der Waals surface area contributed by atoms with Gasteiger partial charge in [-0.1, -0.05) is 30.3 Å². The van der Waals surface area contributed by atoms with Gasteiger partial charge in [0, 0.05) is 12.8 Å². The molecule has 4 nitrogen and oxygen atoms in total. The van der Waals surface area contributed by atoms with Crippen molar-refractivity contribution in [3.63, 3.8) is 0 Å². The largest absolute Gasteiger partial charge is 0.408 e. The van der Waals surface area contributed by atoms with Gasteiger partial charge in [-0.2, -0.15) is 13.2 Å². The summed E-state index contributed by atoms with van der Waals surface area (Å²) in [5.41, 5.74) is 4.88. The van der Waals surface area contributed by atoms with Crippen LogP contribution in [0.15, 0.2) is 30.3 Å². The van der Waals surface area contributed by atoms with E-state index in [1.165, 1.54) is 0 Å². The molecule has 0 aliphatic heterocycles. The molecule has 122 valence electrons. The first-order valence-electron chi connectivity index (χ1n) is 7.09. The van der Waals surface area contributed by atoms with Crippen molar-refractivity contribution < 1.29 is 23.1 Å². The Morgan fingerprint density at radius 3 is 2.55 bits per heavy atom. The number of rotatable bonds is 4. The number of aliphatic hydroxyl groups excluding tert-OH is 1. The summed E-state index contributed by atoms with van der Waals surface area (Å²) < 4.78 is 39.4. The molecule has 1 fully saturated rings. The van der Waals surface area contributed by atoms with Crippen LogP contribution in [0.1, 0.15) is 24.8 Å². The highest BCUT2D eigenvalue weighted by Crippen LogP contribution is 2.29. The summed E-state index contributed by atoms with van der Waals surface area (Å²) in [6, 6.07) is 6.13. The van der Waals surface area contributed by atoms with Gasteiger partial charge in [0.15, 0.2) is 0 Å². The molecule has 1 aliphatic carbocycles. The first kappa shape index (κ1) is 16.8. The minimum Gasteiger partial charge on any atom is -0.393 e. The third kappa shape index (κ3) is 3.98. The maximum absolute atomic E-state index is 13.1. The van der Waals surface area contributed by atoms with Gasteiger partial charge in [0.25, 0.3) is 0 Å². The van der Waals surface area contributed by atoms with Crippen LogP contribution in [-0.4, -0.2) is 34.9 Å². The number of aliphatic hydroxyl groups is 1. The Morgan fingerprint density at radius 1 is 1.41 bits per heavy atom. The van der Waals surface area contributed by atoms with E-state index in [4.69, 9.17) is 5.73 Å². The van der Waals surface area contributed by atoms with Crippen LogP contribution in [0, 0.1) is 0 Å². The van der Waals surface area contributed by atoms with Gasteiger partial charge >= 0.3 is 6.18 Å². The van der Waals surface area contributed by atoms with Gasteiger partial charge in [0.2, 0.25) is 5.91 Å². The quantitative estimate of drug-likeness (QED) is 0.788. The molecular formula is C15H19F3N2O2. The second-order valence-electron chi connectivity index (χ2n) is 5.81. The number of halogens is 3. The number of carbonyl (C=O) groups is 1. The number of carbonyl (C=O) groups excluding carboxylic acids is 1. The van der Waals surface area contributed by atoms with E-state index >= 15 is 0 Å². The van der Waals surface area contributed by atoms with Crippen molar-refractivity contribution >= 4 is 5.91 Å². The fraction of sp³-hybridized carbons (Fsp3) is 0.533. The molecule has 1 aromatic rings. The van der Waals surface area contributed by atoms with Crippen LogP contribution in [-0.2, 0) is 11.2 Å². The molecule has 0 spiro atoms. The molecule has 1 aliphatic rings. The van der Waals surface area contributed by atoms with E-state index in [0.717, 1.165) is 0 Å². The molecule has 2 rings (SSSR count). The lowest BCUT2D eigenvalue weighted by atomic mass is 9.96. The second kappa shape index (κ2) is 6.26. The van der Waals surface area contributed by atoms with Gasteiger partial charge in [-0.3, -0.25) is 4.79 Å². The normalized spacial score (nSPS) is 26.7. The van der Waals surface area contributed by atoms with E-state index in [0.29, 0.717) is 12.0 Å². The molecular weight excluding hydrogens is 297 g/mol. The Bertz CT molecular complexity index is 521. The minimum absolute atomic E-state index is 0.0191. The highest BCUT2D eigenvalue weighted by Gasteiger charge is 2.46. The maximum atomic E-state index is 13.1. The van der Waals surface area contributed by atoms with Crippen LogP contribution in [0.2, 0.25) is 0 Å². The van der Waals surface area contributed by atoms with Crippen LogP contribution in [0.5, 0.6) is 0 Å². The number of nitrogens with one attached hydrogen (secondary N) is 1. The fourth-order valence-corrected chi connectivity index (χ4v) is 2.66. The predicted octanol–water partition coefficient (Wildman–Crippen LogP) is 1.52. The minimum atomic E-state index is -4.57. The Balaban J connectivity index is 2.09. The Kier molecular flexibility index (Phi) is 4.77. The van der Waals surface area contributed by atoms with Crippen LogP contribution in [0.25, 0.3) is 0 Å². The molecule has 1 aromatic carbocycles. The first-order chi connectivity index (χ1) is 10.2. The molecule has 0 aromatic heterocycles. The summed E-state index contributed by atoms with van der Waals surface area (Å²) in [5, 5.41) is 11.5. The number of amides is 1. The van der Waals surface area contributed by atoms with Crippen LogP contribution in [0.4, 0.5) is 13.2 Å². The summed E-state index contributed by atoms with van der Waals surface area (Å²) in [5.74, 6) is -0.859. The number of benzene rings is 1. The van der Waals surface area contributed by atoms with Crippen LogP contribution in [0.3, 0.4) is 0 Å². The van der Waals surface area contributed by atoms with E-state index in [1.54, 1.807) is 30.3 Å².